The Hall–Kier alpha value is -1.27. The minimum Gasteiger partial charge on any atom is -0.493 e. The SMILES string of the molecule is Br.CCCCCCN1[C@@H]2CC[C@H]1CC(OC(=O)c1ccc(OC)c(OC)c1)C2. The summed E-state index contributed by atoms with van der Waals surface area (Å²) in [6.07, 6.45) is 9.64. The summed E-state index contributed by atoms with van der Waals surface area (Å²) in [5.41, 5.74) is 0.516. The van der Waals surface area contributed by atoms with Crippen LogP contribution in [0.4, 0.5) is 0 Å². The van der Waals surface area contributed by atoms with Gasteiger partial charge in [-0.1, -0.05) is 26.2 Å². The van der Waals surface area contributed by atoms with Gasteiger partial charge in [0.15, 0.2) is 11.5 Å². The molecule has 0 amide bonds. The molecular weight excluding hydrogens is 422 g/mol. The molecule has 0 aliphatic carbocycles. The molecule has 2 fully saturated rings. The van der Waals surface area contributed by atoms with Crippen molar-refractivity contribution < 1.29 is 19.0 Å². The third-order valence-corrected chi connectivity index (χ3v) is 6.00. The van der Waals surface area contributed by atoms with E-state index >= 15 is 0 Å². The van der Waals surface area contributed by atoms with Crippen molar-refractivity contribution in [1.29, 1.82) is 0 Å². The third kappa shape index (κ3) is 5.41. The first-order chi connectivity index (χ1) is 13.2. The van der Waals surface area contributed by atoms with Crippen LogP contribution in [0.1, 0.15) is 68.6 Å². The number of ether oxygens (including phenoxy) is 3. The van der Waals surface area contributed by atoms with Crippen LogP contribution in [0.15, 0.2) is 18.2 Å². The Bertz CT molecular complexity index is 625. The van der Waals surface area contributed by atoms with Gasteiger partial charge >= 0.3 is 5.97 Å². The Balaban J connectivity index is 0.00000280. The molecule has 0 spiro atoms. The highest BCUT2D eigenvalue weighted by Gasteiger charge is 2.41. The van der Waals surface area contributed by atoms with Crippen LogP contribution in [0.5, 0.6) is 11.5 Å². The van der Waals surface area contributed by atoms with Crippen molar-refractivity contribution in [3.63, 3.8) is 0 Å². The number of carbonyl (C=O) groups is 1. The number of fused-ring (bicyclic) bond motifs is 2. The molecule has 2 heterocycles. The molecular formula is C22H34BrNO4. The van der Waals surface area contributed by atoms with Crippen molar-refractivity contribution in [1.82, 2.24) is 4.90 Å². The number of nitrogens with zero attached hydrogens (tertiary/aromatic N) is 1. The van der Waals surface area contributed by atoms with Gasteiger partial charge in [0.25, 0.3) is 0 Å². The fourth-order valence-electron chi connectivity index (χ4n) is 4.59. The van der Waals surface area contributed by atoms with E-state index in [4.69, 9.17) is 14.2 Å². The summed E-state index contributed by atoms with van der Waals surface area (Å²) in [7, 11) is 3.16. The molecule has 0 radical (unpaired) electrons. The second-order valence-corrected chi connectivity index (χ2v) is 7.75. The van der Waals surface area contributed by atoms with Crippen LogP contribution < -0.4 is 9.47 Å². The summed E-state index contributed by atoms with van der Waals surface area (Å²) < 4.78 is 16.4. The van der Waals surface area contributed by atoms with Gasteiger partial charge in [-0.05, 0) is 44.0 Å². The van der Waals surface area contributed by atoms with Gasteiger partial charge < -0.3 is 14.2 Å². The zero-order valence-corrected chi connectivity index (χ0v) is 19.0. The number of halogens is 1. The molecule has 0 saturated carbocycles. The lowest BCUT2D eigenvalue weighted by Gasteiger charge is -2.38. The molecule has 1 aromatic rings. The Morgan fingerprint density at radius 3 is 2.32 bits per heavy atom. The lowest BCUT2D eigenvalue weighted by Crippen LogP contribution is -2.46. The van der Waals surface area contributed by atoms with Crippen LogP contribution in [0.25, 0.3) is 0 Å². The van der Waals surface area contributed by atoms with Crippen molar-refractivity contribution >= 4 is 23.0 Å². The predicted molar refractivity (Wildman–Crippen MR) is 116 cm³/mol. The summed E-state index contributed by atoms with van der Waals surface area (Å²) in [5.74, 6) is 0.897. The van der Waals surface area contributed by atoms with Crippen molar-refractivity contribution in [3.05, 3.63) is 23.8 Å². The molecule has 0 aromatic heterocycles. The summed E-state index contributed by atoms with van der Waals surface area (Å²) >= 11 is 0. The molecule has 5 nitrogen and oxygen atoms in total. The van der Waals surface area contributed by atoms with Gasteiger partial charge in [0.05, 0.1) is 19.8 Å². The topological polar surface area (TPSA) is 48.0 Å². The number of benzene rings is 1. The van der Waals surface area contributed by atoms with Crippen LogP contribution >= 0.6 is 17.0 Å². The first-order valence-electron chi connectivity index (χ1n) is 10.3. The number of piperidine rings is 1. The van der Waals surface area contributed by atoms with E-state index in [0.717, 1.165) is 12.8 Å². The maximum absolute atomic E-state index is 12.6. The standard InChI is InChI=1S/C22H33NO4.BrH/c1-4-5-6-7-12-23-17-9-10-18(23)15-19(14-17)27-22(24)16-8-11-20(25-2)21(13-16)26-3;/h8,11,13,17-19H,4-7,9-10,12,14-15H2,1-3H3;1H/t17-,18+,19?;. The molecule has 1 unspecified atom stereocenters. The number of hydrogen-bond donors (Lipinski definition) is 0. The molecule has 1 aromatic carbocycles. The van der Waals surface area contributed by atoms with Crippen LogP contribution in [0, 0.1) is 0 Å². The lowest BCUT2D eigenvalue weighted by molar-refractivity contribution is -0.00635. The molecule has 0 N–H and O–H groups in total. The largest absolute Gasteiger partial charge is 0.493 e. The van der Waals surface area contributed by atoms with Gasteiger partial charge in [0, 0.05) is 24.9 Å². The minimum absolute atomic E-state index is 0. The molecule has 158 valence electrons. The van der Waals surface area contributed by atoms with E-state index in [0.29, 0.717) is 29.1 Å². The maximum atomic E-state index is 12.6. The zero-order chi connectivity index (χ0) is 19.2. The van der Waals surface area contributed by atoms with Crippen molar-refractivity contribution in [2.24, 2.45) is 0 Å². The number of carbonyl (C=O) groups excluding carboxylic acids is 1. The highest BCUT2D eigenvalue weighted by molar-refractivity contribution is 8.93. The number of esters is 1. The van der Waals surface area contributed by atoms with E-state index in [1.165, 1.54) is 45.1 Å². The van der Waals surface area contributed by atoms with E-state index < -0.39 is 0 Å². The number of rotatable bonds is 9. The fourth-order valence-corrected chi connectivity index (χ4v) is 4.59. The first-order valence-corrected chi connectivity index (χ1v) is 10.3. The fraction of sp³-hybridized carbons (Fsp3) is 0.682. The van der Waals surface area contributed by atoms with E-state index in [1.807, 2.05) is 0 Å². The maximum Gasteiger partial charge on any atom is 0.338 e. The van der Waals surface area contributed by atoms with Gasteiger partial charge in [-0.3, -0.25) is 4.90 Å². The Kier molecular flexibility index (Phi) is 9.09. The highest BCUT2D eigenvalue weighted by Crippen LogP contribution is 2.37. The van der Waals surface area contributed by atoms with E-state index in [9.17, 15) is 4.79 Å². The quantitative estimate of drug-likeness (QED) is 0.386. The first kappa shape index (κ1) is 23.0. The van der Waals surface area contributed by atoms with Crippen molar-refractivity contribution in [2.45, 2.75) is 76.5 Å². The molecule has 2 aliphatic rings. The highest BCUT2D eigenvalue weighted by atomic mass is 79.9. The van der Waals surface area contributed by atoms with Crippen molar-refractivity contribution in [3.8, 4) is 11.5 Å². The molecule has 28 heavy (non-hydrogen) atoms. The molecule has 6 heteroatoms. The predicted octanol–water partition coefficient (Wildman–Crippen LogP) is 5.01. The monoisotopic (exact) mass is 455 g/mol. The van der Waals surface area contributed by atoms with Gasteiger partial charge in [-0.2, -0.15) is 0 Å². The summed E-state index contributed by atoms with van der Waals surface area (Å²) in [6, 6.07) is 6.33. The Labute approximate surface area is 179 Å². The summed E-state index contributed by atoms with van der Waals surface area (Å²) in [5, 5.41) is 0. The number of methoxy groups -OCH3 is 2. The van der Waals surface area contributed by atoms with Crippen LogP contribution in [-0.2, 0) is 4.74 Å². The molecule has 3 atom stereocenters. The van der Waals surface area contributed by atoms with E-state index in [1.54, 1.807) is 32.4 Å². The Morgan fingerprint density at radius 1 is 1.04 bits per heavy atom. The van der Waals surface area contributed by atoms with E-state index in [-0.39, 0.29) is 29.1 Å². The average molecular weight is 456 g/mol. The molecule has 2 aliphatic heterocycles. The zero-order valence-electron chi connectivity index (χ0n) is 17.3. The van der Waals surface area contributed by atoms with Gasteiger partial charge in [-0.15, -0.1) is 17.0 Å². The summed E-state index contributed by atoms with van der Waals surface area (Å²) in [6.45, 7) is 3.45. The second-order valence-electron chi connectivity index (χ2n) is 7.75. The van der Waals surface area contributed by atoms with Gasteiger partial charge in [-0.25, -0.2) is 4.79 Å². The van der Waals surface area contributed by atoms with Crippen molar-refractivity contribution in [2.75, 3.05) is 20.8 Å². The minimum atomic E-state index is -0.267. The average Bonchev–Trinajstić information content (AvgIpc) is 2.92. The number of unbranched alkanes of at least 4 members (excludes halogenated alkanes) is 3. The second kappa shape index (κ2) is 11.1. The van der Waals surface area contributed by atoms with E-state index in [2.05, 4.69) is 11.8 Å². The van der Waals surface area contributed by atoms with Crippen LogP contribution in [0.2, 0.25) is 0 Å². The molecule has 3 rings (SSSR count). The molecule has 2 saturated heterocycles. The van der Waals surface area contributed by atoms with Gasteiger partial charge in [0.2, 0.25) is 0 Å². The third-order valence-electron chi connectivity index (χ3n) is 6.00. The van der Waals surface area contributed by atoms with Gasteiger partial charge in [0.1, 0.15) is 6.10 Å². The smallest absolute Gasteiger partial charge is 0.338 e. The molecule has 2 bridgehead atoms. The Morgan fingerprint density at radius 2 is 1.71 bits per heavy atom. The normalized spacial score (nSPS) is 23.8. The summed E-state index contributed by atoms with van der Waals surface area (Å²) in [4.78, 5) is 15.3. The van der Waals surface area contributed by atoms with Crippen LogP contribution in [0.3, 0.4) is 0 Å². The van der Waals surface area contributed by atoms with Crippen LogP contribution in [-0.4, -0.2) is 49.8 Å². The number of hydrogen-bond acceptors (Lipinski definition) is 5. The lowest BCUT2D eigenvalue weighted by atomic mass is 9.99.